The molecule has 2 heterocycles. The van der Waals surface area contributed by atoms with Gasteiger partial charge in [0.25, 0.3) is 5.56 Å². The molecule has 0 bridgehead atoms. The minimum absolute atomic E-state index is 0.0505. The fourth-order valence-corrected chi connectivity index (χ4v) is 1.54. The molecular formula is C12H16N6O2. The van der Waals surface area contributed by atoms with E-state index in [1.807, 2.05) is 13.8 Å². The summed E-state index contributed by atoms with van der Waals surface area (Å²) in [5.41, 5.74) is -0.229. The topological polar surface area (TPSA) is 94.7 Å². The van der Waals surface area contributed by atoms with Crippen molar-refractivity contribution in [3.05, 3.63) is 35.1 Å². The van der Waals surface area contributed by atoms with Crippen molar-refractivity contribution in [2.45, 2.75) is 20.4 Å². The SMILES string of the molecule is CC(C)C(=O)NCCn1nc(-n2cncn2)ccc1=O. The van der Waals surface area contributed by atoms with Gasteiger partial charge in [0.15, 0.2) is 5.82 Å². The van der Waals surface area contributed by atoms with Crippen molar-refractivity contribution >= 4 is 5.91 Å². The second-order valence-electron chi connectivity index (χ2n) is 4.54. The van der Waals surface area contributed by atoms with E-state index >= 15 is 0 Å². The summed E-state index contributed by atoms with van der Waals surface area (Å²) in [6, 6.07) is 2.98. The van der Waals surface area contributed by atoms with Gasteiger partial charge in [-0.25, -0.2) is 14.3 Å². The number of hydrogen-bond acceptors (Lipinski definition) is 5. The first-order chi connectivity index (χ1) is 9.58. The van der Waals surface area contributed by atoms with Gasteiger partial charge < -0.3 is 5.32 Å². The molecule has 0 saturated heterocycles. The highest BCUT2D eigenvalue weighted by Gasteiger charge is 2.07. The molecule has 0 aromatic carbocycles. The van der Waals surface area contributed by atoms with Crippen LogP contribution in [0.4, 0.5) is 0 Å². The molecule has 0 radical (unpaired) electrons. The van der Waals surface area contributed by atoms with Crippen LogP contribution < -0.4 is 10.9 Å². The average Bonchev–Trinajstić information content (AvgIpc) is 2.94. The molecular weight excluding hydrogens is 260 g/mol. The number of carbonyl (C=O) groups is 1. The van der Waals surface area contributed by atoms with E-state index in [4.69, 9.17) is 0 Å². The van der Waals surface area contributed by atoms with Gasteiger partial charge in [-0.3, -0.25) is 9.59 Å². The zero-order chi connectivity index (χ0) is 14.5. The zero-order valence-corrected chi connectivity index (χ0v) is 11.4. The average molecular weight is 276 g/mol. The fraction of sp³-hybridized carbons (Fsp3) is 0.417. The molecule has 1 N–H and O–H groups in total. The van der Waals surface area contributed by atoms with Gasteiger partial charge in [0.05, 0.1) is 6.54 Å². The van der Waals surface area contributed by atoms with Crippen LogP contribution in [-0.2, 0) is 11.3 Å². The maximum Gasteiger partial charge on any atom is 0.266 e. The molecule has 0 saturated carbocycles. The van der Waals surface area contributed by atoms with Gasteiger partial charge in [0.1, 0.15) is 12.7 Å². The predicted molar refractivity (Wildman–Crippen MR) is 71.3 cm³/mol. The van der Waals surface area contributed by atoms with Gasteiger partial charge in [-0.2, -0.15) is 5.10 Å². The van der Waals surface area contributed by atoms with E-state index in [2.05, 4.69) is 20.5 Å². The maximum absolute atomic E-state index is 11.7. The van der Waals surface area contributed by atoms with Crippen LogP contribution in [0.25, 0.3) is 5.82 Å². The number of carbonyl (C=O) groups excluding carboxylic acids is 1. The van der Waals surface area contributed by atoms with Gasteiger partial charge >= 0.3 is 0 Å². The summed E-state index contributed by atoms with van der Waals surface area (Å²) in [5, 5.41) is 10.9. The van der Waals surface area contributed by atoms with Gasteiger partial charge in [0.2, 0.25) is 5.91 Å². The number of amides is 1. The van der Waals surface area contributed by atoms with Crippen LogP contribution in [0.2, 0.25) is 0 Å². The first-order valence-corrected chi connectivity index (χ1v) is 6.29. The molecule has 8 heteroatoms. The lowest BCUT2D eigenvalue weighted by Gasteiger charge is -2.09. The second kappa shape index (κ2) is 6.09. The molecule has 0 aliphatic rings. The molecule has 2 rings (SSSR count). The lowest BCUT2D eigenvalue weighted by atomic mass is 10.2. The predicted octanol–water partition coefficient (Wildman–Crippen LogP) is -0.404. The quantitative estimate of drug-likeness (QED) is 0.801. The lowest BCUT2D eigenvalue weighted by Crippen LogP contribution is -2.34. The molecule has 2 aromatic heterocycles. The smallest absolute Gasteiger partial charge is 0.266 e. The minimum Gasteiger partial charge on any atom is -0.354 e. The molecule has 2 aromatic rings. The van der Waals surface area contributed by atoms with E-state index in [0.29, 0.717) is 18.9 Å². The maximum atomic E-state index is 11.7. The third-order valence-electron chi connectivity index (χ3n) is 2.65. The Bertz CT molecular complexity index is 632. The molecule has 8 nitrogen and oxygen atoms in total. The van der Waals surface area contributed by atoms with Crippen molar-refractivity contribution in [3.63, 3.8) is 0 Å². The van der Waals surface area contributed by atoms with Crippen molar-refractivity contribution < 1.29 is 4.79 Å². The van der Waals surface area contributed by atoms with Crippen molar-refractivity contribution in [2.24, 2.45) is 5.92 Å². The highest BCUT2D eigenvalue weighted by Crippen LogP contribution is 1.96. The lowest BCUT2D eigenvalue weighted by molar-refractivity contribution is -0.124. The van der Waals surface area contributed by atoms with Crippen LogP contribution in [0.5, 0.6) is 0 Å². The molecule has 0 spiro atoms. The molecule has 0 fully saturated rings. The van der Waals surface area contributed by atoms with Crippen LogP contribution in [0.3, 0.4) is 0 Å². The van der Waals surface area contributed by atoms with E-state index in [0.717, 1.165) is 0 Å². The first kappa shape index (κ1) is 13.9. The van der Waals surface area contributed by atoms with E-state index in [1.165, 1.54) is 28.1 Å². The normalized spacial score (nSPS) is 10.8. The summed E-state index contributed by atoms with van der Waals surface area (Å²) in [5.74, 6) is 0.365. The highest BCUT2D eigenvalue weighted by atomic mass is 16.2. The fourth-order valence-electron chi connectivity index (χ4n) is 1.54. The van der Waals surface area contributed by atoms with Crippen LogP contribution in [0.1, 0.15) is 13.8 Å². The summed E-state index contributed by atoms with van der Waals surface area (Å²) < 4.78 is 2.75. The number of rotatable bonds is 5. The Balaban J connectivity index is 2.06. The molecule has 0 aliphatic carbocycles. The van der Waals surface area contributed by atoms with Crippen LogP contribution >= 0.6 is 0 Å². The van der Waals surface area contributed by atoms with E-state index < -0.39 is 0 Å². The van der Waals surface area contributed by atoms with Crippen molar-refractivity contribution in [2.75, 3.05) is 6.54 Å². The standard InChI is InChI=1S/C12H16N6O2/c1-9(2)12(20)14-5-6-17-11(19)4-3-10(16-17)18-8-13-7-15-18/h3-4,7-9H,5-6H2,1-2H3,(H,14,20). The molecule has 0 aliphatic heterocycles. The van der Waals surface area contributed by atoms with Gasteiger partial charge in [0, 0.05) is 18.5 Å². The number of aromatic nitrogens is 5. The van der Waals surface area contributed by atoms with Crippen molar-refractivity contribution in [3.8, 4) is 5.82 Å². The summed E-state index contributed by atoms with van der Waals surface area (Å²) in [4.78, 5) is 26.9. The van der Waals surface area contributed by atoms with Crippen LogP contribution in [0, 0.1) is 5.92 Å². The second-order valence-corrected chi connectivity index (χ2v) is 4.54. The largest absolute Gasteiger partial charge is 0.354 e. The Kier molecular flexibility index (Phi) is 4.24. The van der Waals surface area contributed by atoms with E-state index in [9.17, 15) is 9.59 Å². The Labute approximate surface area is 115 Å². The zero-order valence-electron chi connectivity index (χ0n) is 11.4. The summed E-state index contributed by atoms with van der Waals surface area (Å²) in [6.07, 6.45) is 2.89. The number of nitrogens with one attached hydrogen (secondary N) is 1. The Morgan fingerprint density at radius 3 is 2.85 bits per heavy atom. The van der Waals surface area contributed by atoms with Gasteiger partial charge in [-0.05, 0) is 6.07 Å². The molecule has 1 amide bonds. The summed E-state index contributed by atoms with van der Waals surface area (Å²) >= 11 is 0. The Morgan fingerprint density at radius 1 is 1.40 bits per heavy atom. The van der Waals surface area contributed by atoms with Crippen LogP contribution in [-0.4, -0.2) is 37.0 Å². The molecule has 0 unspecified atom stereocenters. The highest BCUT2D eigenvalue weighted by molar-refractivity contribution is 5.77. The van der Waals surface area contributed by atoms with Crippen LogP contribution in [0.15, 0.2) is 29.6 Å². The summed E-state index contributed by atoms with van der Waals surface area (Å²) in [6.45, 7) is 4.28. The third-order valence-corrected chi connectivity index (χ3v) is 2.65. The Morgan fingerprint density at radius 2 is 2.20 bits per heavy atom. The third kappa shape index (κ3) is 3.28. The van der Waals surface area contributed by atoms with E-state index in [1.54, 1.807) is 6.07 Å². The molecule has 20 heavy (non-hydrogen) atoms. The van der Waals surface area contributed by atoms with E-state index in [-0.39, 0.29) is 17.4 Å². The monoisotopic (exact) mass is 276 g/mol. The summed E-state index contributed by atoms with van der Waals surface area (Å²) in [7, 11) is 0. The molecule has 106 valence electrons. The Hall–Kier alpha value is -2.51. The molecule has 0 atom stereocenters. The minimum atomic E-state index is -0.229. The number of nitrogens with zero attached hydrogens (tertiary/aromatic N) is 5. The number of hydrogen-bond donors (Lipinski definition) is 1. The van der Waals surface area contributed by atoms with Gasteiger partial charge in [-0.15, -0.1) is 5.10 Å². The van der Waals surface area contributed by atoms with Gasteiger partial charge in [-0.1, -0.05) is 13.8 Å². The van der Waals surface area contributed by atoms with Crippen molar-refractivity contribution in [1.82, 2.24) is 29.9 Å². The van der Waals surface area contributed by atoms with Crippen molar-refractivity contribution in [1.29, 1.82) is 0 Å². The first-order valence-electron chi connectivity index (χ1n) is 6.29.